The molecule has 2 rings (SSSR count). The first-order valence-corrected chi connectivity index (χ1v) is 5.27. The normalized spacial score (nSPS) is 10.8. The highest BCUT2D eigenvalue weighted by molar-refractivity contribution is 6.36. The average Bonchev–Trinajstić information content (AvgIpc) is 2.27. The standard InChI is InChI=1S/C11H11ClFN3O/c1-17-5-7-4-10(16-14)11-8(12)2-6(13)3-9(11)15-7/h2-4H,5,14H2,1H3,(H,15,16). The number of ether oxygens (including phenoxy) is 1. The second-order valence-corrected chi connectivity index (χ2v) is 3.93. The van der Waals surface area contributed by atoms with E-state index >= 15 is 0 Å². The summed E-state index contributed by atoms with van der Waals surface area (Å²) in [6, 6.07) is 4.25. The van der Waals surface area contributed by atoms with Gasteiger partial charge in [0.25, 0.3) is 0 Å². The van der Waals surface area contributed by atoms with E-state index in [1.807, 2.05) is 0 Å². The molecule has 0 aliphatic heterocycles. The Kier molecular flexibility index (Phi) is 3.42. The number of rotatable bonds is 3. The Morgan fingerprint density at radius 3 is 2.88 bits per heavy atom. The van der Waals surface area contributed by atoms with E-state index in [1.54, 1.807) is 13.2 Å². The van der Waals surface area contributed by atoms with Gasteiger partial charge < -0.3 is 10.2 Å². The molecule has 0 amide bonds. The fraction of sp³-hybridized carbons (Fsp3) is 0.182. The lowest BCUT2D eigenvalue weighted by atomic mass is 10.1. The lowest BCUT2D eigenvalue weighted by Crippen LogP contribution is -2.09. The van der Waals surface area contributed by atoms with Crippen LogP contribution in [0.3, 0.4) is 0 Å². The second kappa shape index (κ2) is 4.83. The first kappa shape index (κ1) is 12.0. The fourth-order valence-corrected chi connectivity index (χ4v) is 1.98. The largest absolute Gasteiger partial charge is 0.378 e. The summed E-state index contributed by atoms with van der Waals surface area (Å²) in [4.78, 5) is 4.25. The Bertz CT molecular complexity index is 562. The van der Waals surface area contributed by atoms with Crippen molar-refractivity contribution in [1.29, 1.82) is 0 Å². The number of nitrogens with zero attached hydrogens (tertiary/aromatic N) is 1. The minimum Gasteiger partial charge on any atom is -0.378 e. The summed E-state index contributed by atoms with van der Waals surface area (Å²) in [7, 11) is 1.56. The molecule has 1 heterocycles. The van der Waals surface area contributed by atoms with Crippen molar-refractivity contribution in [2.45, 2.75) is 6.61 Å². The van der Waals surface area contributed by atoms with Crippen LogP contribution in [0.25, 0.3) is 10.9 Å². The van der Waals surface area contributed by atoms with E-state index in [4.69, 9.17) is 22.2 Å². The Labute approximate surface area is 103 Å². The molecule has 0 fully saturated rings. The van der Waals surface area contributed by atoms with E-state index in [9.17, 15) is 4.39 Å². The summed E-state index contributed by atoms with van der Waals surface area (Å²) in [6.45, 7) is 0.318. The van der Waals surface area contributed by atoms with Crippen molar-refractivity contribution in [3.05, 3.63) is 34.7 Å². The predicted octanol–water partition coefficient (Wildman–Crippen LogP) is 2.46. The van der Waals surface area contributed by atoms with Gasteiger partial charge in [0.2, 0.25) is 0 Å². The molecule has 1 aromatic carbocycles. The molecular formula is C11H11ClFN3O. The third kappa shape index (κ3) is 2.31. The number of nitrogens with two attached hydrogens (primary N) is 1. The van der Waals surface area contributed by atoms with Crippen LogP contribution in [0.5, 0.6) is 0 Å². The molecule has 0 aliphatic carbocycles. The van der Waals surface area contributed by atoms with Gasteiger partial charge in [0.15, 0.2) is 0 Å². The lowest BCUT2D eigenvalue weighted by Gasteiger charge is -2.10. The van der Waals surface area contributed by atoms with E-state index in [2.05, 4.69) is 10.4 Å². The Morgan fingerprint density at radius 1 is 1.47 bits per heavy atom. The van der Waals surface area contributed by atoms with Gasteiger partial charge in [-0.25, -0.2) is 4.39 Å². The Balaban J connectivity index is 2.73. The number of hydrogen-bond acceptors (Lipinski definition) is 4. The van der Waals surface area contributed by atoms with Gasteiger partial charge in [-0.1, -0.05) is 11.6 Å². The highest BCUT2D eigenvalue weighted by atomic mass is 35.5. The molecule has 6 heteroatoms. The molecule has 0 saturated heterocycles. The molecule has 0 bridgehead atoms. The van der Waals surface area contributed by atoms with Gasteiger partial charge >= 0.3 is 0 Å². The molecule has 4 nitrogen and oxygen atoms in total. The lowest BCUT2D eigenvalue weighted by molar-refractivity contribution is 0.182. The third-order valence-corrected chi connectivity index (χ3v) is 2.62. The zero-order chi connectivity index (χ0) is 12.4. The summed E-state index contributed by atoms with van der Waals surface area (Å²) in [5.74, 6) is 4.98. The Morgan fingerprint density at radius 2 is 2.24 bits per heavy atom. The van der Waals surface area contributed by atoms with Crippen molar-refractivity contribution >= 4 is 28.2 Å². The minimum atomic E-state index is -0.437. The molecule has 3 N–H and O–H groups in total. The van der Waals surface area contributed by atoms with Crippen molar-refractivity contribution in [2.75, 3.05) is 12.5 Å². The highest BCUT2D eigenvalue weighted by Crippen LogP contribution is 2.30. The summed E-state index contributed by atoms with van der Waals surface area (Å²) in [5.41, 5.74) is 4.21. The van der Waals surface area contributed by atoms with Crippen LogP contribution < -0.4 is 11.3 Å². The maximum absolute atomic E-state index is 13.2. The van der Waals surface area contributed by atoms with Crippen LogP contribution in [0.2, 0.25) is 5.02 Å². The number of hydrazine groups is 1. The first-order valence-electron chi connectivity index (χ1n) is 4.90. The molecule has 1 aromatic heterocycles. The topological polar surface area (TPSA) is 60.2 Å². The van der Waals surface area contributed by atoms with Gasteiger partial charge in [0.05, 0.1) is 28.5 Å². The number of pyridine rings is 1. The monoisotopic (exact) mass is 255 g/mol. The molecule has 0 atom stereocenters. The second-order valence-electron chi connectivity index (χ2n) is 3.52. The molecule has 0 spiro atoms. The highest BCUT2D eigenvalue weighted by Gasteiger charge is 2.10. The van der Waals surface area contributed by atoms with Crippen LogP contribution in [0.1, 0.15) is 5.69 Å². The van der Waals surface area contributed by atoms with Gasteiger partial charge in [0.1, 0.15) is 5.82 Å². The van der Waals surface area contributed by atoms with Crippen LogP contribution in [-0.2, 0) is 11.3 Å². The molecule has 2 aromatic rings. The summed E-state index contributed by atoms with van der Waals surface area (Å²) >= 11 is 5.97. The average molecular weight is 256 g/mol. The molecule has 90 valence electrons. The SMILES string of the molecule is COCc1cc(NN)c2c(Cl)cc(F)cc2n1. The maximum atomic E-state index is 13.2. The fourth-order valence-electron chi connectivity index (χ4n) is 1.68. The molecular weight excluding hydrogens is 245 g/mol. The van der Waals surface area contributed by atoms with Crippen molar-refractivity contribution in [1.82, 2.24) is 4.98 Å². The maximum Gasteiger partial charge on any atom is 0.126 e. The predicted molar refractivity (Wildman–Crippen MR) is 65.2 cm³/mol. The van der Waals surface area contributed by atoms with E-state index in [0.717, 1.165) is 0 Å². The Hall–Kier alpha value is -1.43. The van der Waals surface area contributed by atoms with E-state index in [1.165, 1.54) is 12.1 Å². The number of nitrogen functional groups attached to an aromatic ring is 1. The van der Waals surface area contributed by atoms with Crippen LogP contribution in [0.15, 0.2) is 18.2 Å². The van der Waals surface area contributed by atoms with Crippen LogP contribution in [0, 0.1) is 5.82 Å². The van der Waals surface area contributed by atoms with Crippen LogP contribution in [-0.4, -0.2) is 12.1 Å². The van der Waals surface area contributed by atoms with E-state index in [-0.39, 0.29) is 5.02 Å². The summed E-state index contributed by atoms with van der Waals surface area (Å²) in [6.07, 6.45) is 0. The third-order valence-electron chi connectivity index (χ3n) is 2.33. The molecule has 0 radical (unpaired) electrons. The zero-order valence-electron chi connectivity index (χ0n) is 9.13. The van der Waals surface area contributed by atoms with Gasteiger partial charge in [-0.15, -0.1) is 0 Å². The molecule has 0 unspecified atom stereocenters. The summed E-state index contributed by atoms with van der Waals surface area (Å²) in [5, 5.41) is 0.861. The first-order chi connectivity index (χ1) is 8.15. The molecule has 0 saturated carbocycles. The van der Waals surface area contributed by atoms with E-state index < -0.39 is 5.82 Å². The van der Waals surface area contributed by atoms with Crippen LogP contribution in [0.4, 0.5) is 10.1 Å². The number of aromatic nitrogens is 1. The number of benzene rings is 1. The van der Waals surface area contributed by atoms with E-state index in [0.29, 0.717) is 28.9 Å². The number of hydrogen-bond donors (Lipinski definition) is 2. The summed E-state index contributed by atoms with van der Waals surface area (Å²) < 4.78 is 18.2. The van der Waals surface area contributed by atoms with Crippen molar-refractivity contribution in [3.8, 4) is 0 Å². The number of anilines is 1. The number of nitrogens with one attached hydrogen (secondary N) is 1. The number of methoxy groups -OCH3 is 1. The van der Waals surface area contributed by atoms with Crippen molar-refractivity contribution in [2.24, 2.45) is 5.84 Å². The van der Waals surface area contributed by atoms with Gasteiger partial charge in [-0.3, -0.25) is 10.8 Å². The zero-order valence-corrected chi connectivity index (χ0v) is 9.88. The quantitative estimate of drug-likeness (QED) is 0.653. The molecule has 17 heavy (non-hydrogen) atoms. The smallest absolute Gasteiger partial charge is 0.126 e. The van der Waals surface area contributed by atoms with Gasteiger partial charge in [-0.2, -0.15) is 0 Å². The van der Waals surface area contributed by atoms with Crippen molar-refractivity contribution < 1.29 is 9.13 Å². The van der Waals surface area contributed by atoms with Crippen LogP contribution >= 0.6 is 11.6 Å². The number of fused-ring (bicyclic) bond motifs is 1. The number of halogens is 2. The minimum absolute atomic E-state index is 0.268. The molecule has 0 aliphatic rings. The van der Waals surface area contributed by atoms with Crippen molar-refractivity contribution in [3.63, 3.8) is 0 Å². The van der Waals surface area contributed by atoms with Gasteiger partial charge in [-0.05, 0) is 12.1 Å². The van der Waals surface area contributed by atoms with Gasteiger partial charge in [0, 0.05) is 18.6 Å².